The highest BCUT2D eigenvalue weighted by atomic mass is 16.6. The van der Waals surface area contributed by atoms with Crippen molar-refractivity contribution in [3.05, 3.63) is 27.9 Å². The van der Waals surface area contributed by atoms with Crippen molar-refractivity contribution < 1.29 is 14.5 Å². The Morgan fingerprint density at radius 3 is 2.72 bits per heavy atom. The lowest BCUT2D eigenvalue weighted by molar-refractivity contribution is -0.389. The van der Waals surface area contributed by atoms with Gasteiger partial charge < -0.3 is 19.8 Å². The number of carbonyl (C=O) groups is 1. The number of rotatable bonds is 4. The summed E-state index contributed by atoms with van der Waals surface area (Å²) < 4.78 is 5.53. The Morgan fingerprint density at radius 1 is 1.56 bits per heavy atom. The molecule has 18 heavy (non-hydrogen) atoms. The number of nitro groups is 1. The summed E-state index contributed by atoms with van der Waals surface area (Å²) in [4.78, 5) is 27.2. The van der Waals surface area contributed by atoms with Crippen molar-refractivity contribution in [3.63, 3.8) is 0 Å². The van der Waals surface area contributed by atoms with Crippen molar-refractivity contribution in [2.24, 2.45) is 0 Å². The third kappa shape index (κ3) is 2.39. The van der Waals surface area contributed by atoms with Crippen molar-refractivity contribution in [2.75, 3.05) is 14.1 Å². The summed E-state index contributed by atoms with van der Waals surface area (Å²) in [5.41, 5.74) is -0.0839. The number of amides is 1. The van der Waals surface area contributed by atoms with Crippen LogP contribution in [-0.4, -0.2) is 40.9 Å². The lowest BCUT2D eigenvalue weighted by Crippen LogP contribution is -2.24. The molecule has 1 fully saturated rings. The van der Waals surface area contributed by atoms with Crippen molar-refractivity contribution in [1.29, 1.82) is 0 Å². The molecule has 1 amide bonds. The van der Waals surface area contributed by atoms with Gasteiger partial charge in [0.05, 0.1) is 6.10 Å². The Kier molecular flexibility index (Phi) is 3.14. The van der Waals surface area contributed by atoms with Gasteiger partial charge in [-0.2, -0.15) is 0 Å². The fourth-order valence-electron chi connectivity index (χ4n) is 1.46. The Hall–Kier alpha value is -2.18. The maximum atomic E-state index is 12.0. The molecule has 0 aromatic carbocycles. The molecule has 7 heteroatoms. The minimum Gasteiger partial charge on any atom is -0.489 e. The molecule has 0 saturated heterocycles. The molecule has 0 N–H and O–H groups in total. The van der Waals surface area contributed by atoms with Crippen LogP contribution in [0.4, 0.5) is 5.82 Å². The Labute approximate surface area is 104 Å². The van der Waals surface area contributed by atoms with Crippen molar-refractivity contribution in [1.82, 2.24) is 9.88 Å². The zero-order valence-corrected chi connectivity index (χ0v) is 10.1. The number of carbonyl (C=O) groups excluding carboxylic acids is 1. The quantitative estimate of drug-likeness (QED) is 0.593. The van der Waals surface area contributed by atoms with Crippen LogP contribution in [0.5, 0.6) is 5.75 Å². The topological polar surface area (TPSA) is 85.6 Å². The first-order valence-corrected chi connectivity index (χ1v) is 5.52. The van der Waals surface area contributed by atoms with E-state index < -0.39 is 16.6 Å². The van der Waals surface area contributed by atoms with E-state index in [9.17, 15) is 14.9 Å². The van der Waals surface area contributed by atoms with Gasteiger partial charge in [0.15, 0.2) is 5.56 Å². The predicted molar refractivity (Wildman–Crippen MR) is 62.6 cm³/mol. The molecule has 0 unspecified atom stereocenters. The SMILES string of the molecule is CN(C)C(=O)c1c(OC2CC2)ccnc1[N+](=O)[O-]. The highest BCUT2D eigenvalue weighted by Crippen LogP contribution is 2.32. The number of ether oxygens (including phenoxy) is 1. The fraction of sp³-hybridized carbons (Fsp3) is 0.455. The van der Waals surface area contributed by atoms with Crippen LogP contribution in [0.1, 0.15) is 23.2 Å². The summed E-state index contributed by atoms with van der Waals surface area (Å²) in [6.45, 7) is 0. The van der Waals surface area contributed by atoms with Gasteiger partial charge in [-0.3, -0.25) is 4.79 Å². The zero-order valence-electron chi connectivity index (χ0n) is 10.1. The van der Waals surface area contributed by atoms with Crippen LogP contribution in [0, 0.1) is 10.1 Å². The molecule has 96 valence electrons. The predicted octanol–water partition coefficient (Wildman–Crippen LogP) is 1.23. The molecule has 0 spiro atoms. The van der Waals surface area contributed by atoms with E-state index in [1.807, 2.05) is 0 Å². The van der Waals surface area contributed by atoms with Crippen LogP contribution in [0.15, 0.2) is 12.3 Å². The van der Waals surface area contributed by atoms with Gasteiger partial charge in [-0.15, -0.1) is 0 Å². The van der Waals surface area contributed by atoms with Crippen LogP contribution >= 0.6 is 0 Å². The number of hydrogen-bond donors (Lipinski definition) is 0. The minimum absolute atomic E-state index is 0.0562. The van der Waals surface area contributed by atoms with E-state index in [4.69, 9.17) is 4.74 Å². The van der Waals surface area contributed by atoms with Crippen molar-refractivity contribution in [3.8, 4) is 5.75 Å². The second-order valence-corrected chi connectivity index (χ2v) is 4.28. The molecule has 1 heterocycles. The molecule has 1 aromatic heterocycles. The minimum atomic E-state index is -0.670. The Morgan fingerprint density at radius 2 is 2.22 bits per heavy atom. The number of pyridine rings is 1. The van der Waals surface area contributed by atoms with Gasteiger partial charge in [0.1, 0.15) is 11.9 Å². The zero-order chi connectivity index (χ0) is 13.3. The first-order valence-electron chi connectivity index (χ1n) is 5.52. The van der Waals surface area contributed by atoms with E-state index in [0.717, 1.165) is 12.8 Å². The number of hydrogen-bond acceptors (Lipinski definition) is 5. The van der Waals surface area contributed by atoms with Crippen LogP contribution in [0.2, 0.25) is 0 Å². The average Bonchev–Trinajstić information content (AvgIpc) is 3.11. The first kappa shape index (κ1) is 12.3. The second kappa shape index (κ2) is 4.59. The lowest BCUT2D eigenvalue weighted by Gasteiger charge is -2.13. The summed E-state index contributed by atoms with van der Waals surface area (Å²) in [6.07, 6.45) is 3.15. The fourth-order valence-corrected chi connectivity index (χ4v) is 1.46. The molecule has 1 saturated carbocycles. The molecule has 1 aromatic rings. The van der Waals surface area contributed by atoms with Crippen LogP contribution in [0.3, 0.4) is 0 Å². The molecule has 7 nitrogen and oxygen atoms in total. The third-order valence-corrected chi connectivity index (χ3v) is 2.50. The highest BCUT2D eigenvalue weighted by Gasteiger charge is 2.31. The van der Waals surface area contributed by atoms with Gasteiger partial charge >= 0.3 is 5.82 Å². The molecular weight excluding hydrogens is 238 g/mol. The average molecular weight is 251 g/mol. The third-order valence-electron chi connectivity index (χ3n) is 2.50. The second-order valence-electron chi connectivity index (χ2n) is 4.28. The molecule has 1 aliphatic rings. The molecule has 2 rings (SSSR count). The maximum absolute atomic E-state index is 12.0. The Balaban J connectivity index is 2.47. The summed E-state index contributed by atoms with van der Waals surface area (Å²) in [7, 11) is 3.06. The van der Waals surface area contributed by atoms with Gasteiger partial charge in [-0.25, -0.2) is 0 Å². The van der Waals surface area contributed by atoms with Gasteiger partial charge in [0, 0.05) is 20.2 Å². The monoisotopic (exact) mass is 251 g/mol. The van der Waals surface area contributed by atoms with Gasteiger partial charge in [0.25, 0.3) is 5.91 Å². The van der Waals surface area contributed by atoms with Gasteiger partial charge in [-0.1, -0.05) is 0 Å². The number of nitrogens with zero attached hydrogens (tertiary/aromatic N) is 3. The highest BCUT2D eigenvalue weighted by molar-refractivity contribution is 5.99. The molecular formula is C11H13N3O4. The van der Waals surface area contributed by atoms with Crippen LogP contribution in [-0.2, 0) is 0 Å². The standard InChI is InChI=1S/C11H13N3O4/c1-13(2)11(15)9-8(18-7-3-4-7)5-6-12-10(9)14(16)17/h5-7H,3-4H2,1-2H3. The lowest BCUT2D eigenvalue weighted by atomic mass is 10.2. The summed E-state index contributed by atoms with van der Waals surface area (Å²) in [5, 5.41) is 10.9. The molecule has 0 radical (unpaired) electrons. The van der Waals surface area contributed by atoms with E-state index in [1.54, 1.807) is 0 Å². The largest absolute Gasteiger partial charge is 0.489 e. The summed E-state index contributed by atoms with van der Waals surface area (Å²) in [6, 6.07) is 1.49. The number of aromatic nitrogens is 1. The summed E-state index contributed by atoms with van der Waals surface area (Å²) >= 11 is 0. The van der Waals surface area contributed by atoms with E-state index in [-0.39, 0.29) is 17.4 Å². The van der Waals surface area contributed by atoms with Crippen LogP contribution in [0.25, 0.3) is 0 Å². The van der Waals surface area contributed by atoms with E-state index in [1.165, 1.54) is 31.3 Å². The molecule has 1 aliphatic carbocycles. The summed E-state index contributed by atoms with van der Waals surface area (Å²) in [5.74, 6) is -0.713. The van der Waals surface area contributed by atoms with Gasteiger partial charge in [0.2, 0.25) is 0 Å². The van der Waals surface area contributed by atoms with Crippen molar-refractivity contribution in [2.45, 2.75) is 18.9 Å². The maximum Gasteiger partial charge on any atom is 0.380 e. The smallest absolute Gasteiger partial charge is 0.380 e. The van der Waals surface area contributed by atoms with Crippen LogP contribution < -0.4 is 4.74 Å². The van der Waals surface area contributed by atoms with E-state index in [0.29, 0.717) is 0 Å². The van der Waals surface area contributed by atoms with E-state index >= 15 is 0 Å². The molecule has 0 atom stereocenters. The molecule has 0 bridgehead atoms. The Bertz CT molecular complexity index is 497. The molecule has 0 aliphatic heterocycles. The van der Waals surface area contributed by atoms with Crippen molar-refractivity contribution >= 4 is 11.7 Å². The van der Waals surface area contributed by atoms with Gasteiger partial charge in [-0.05, 0) is 22.7 Å². The normalized spacial score (nSPS) is 14.1. The first-order chi connectivity index (χ1) is 8.50. The van der Waals surface area contributed by atoms with E-state index in [2.05, 4.69) is 4.98 Å².